The predicted octanol–water partition coefficient (Wildman–Crippen LogP) is 2.39. The largest absolute Gasteiger partial charge is 0.475 e. The first-order chi connectivity index (χ1) is 7.06. The van der Waals surface area contributed by atoms with E-state index in [1.54, 1.807) is 11.6 Å². The van der Waals surface area contributed by atoms with Crippen LogP contribution in [0.5, 0.6) is 0 Å². The molecule has 0 amide bonds. The Morgan fingerprint density at radius 3 is 2.56 bits per heavy atom. The van der Waals surface area contributed by atoms with Crippen LogP contribution in [-0.4, -0.2) is 20.9 Å². The molecule has 0 unspecified atom stereocenters. The van der Waals surface area contributed by atoms with E-state index in [9.17, 15) is 4.79 Å². The van der Waals surface area contributed by atoms with Gasteiger partial charge in [0.15, 0.2) is 0 Å². The van der Waals surface area contributed by atoms with Gasteiger partial charge in [0.05, 0.1) is 5.39 Å². The van der Waals surface area contributed by atoms with Gasteiger partial charge < -0.3 is 9.52 Å². The minimum Gasteiger partial charge on any atom is -0.475 e. The highest BCUT2D eigenvalue weighted by Crippen LogP contribution is 2.27. The number of furan rings is 1. The molecule has 0 bridgehead atoms. The molecule has 88 valence electrons. The fourth-order valence-corrected chi connectivity index (χ4v) is 1.82. The van der Waals surface area contributed by atoms with Crippen LogP contribution in [0.15, 0.2) is 4.42 Å². The molecule has 2 aromatic heterocycles. The summed E-state index contributed by atoms with van der Waals surface area (Å²) in [5.41, 5.74) is 2.00. The standard InChI is InChI=1S/C10H12N2O3.ClH/c1-4-12-6(3)7-5(2)8(10(13)14)15-9(7)11-12;/h4H2,1-3H3,(H,13,14);1H. The number of rotatable bonds is 2. The highest BCUT2D eigenvalue weighted by Gasteiger charge is 2.21. The van der Waals surface area contributed by atoms with E-state index in [0.717, 1.165) is 17.6 Å². The number of halogens is 1. The van der Waals surface area contributed by atoms with Crippen LogP contribution < -0.4 is 0 Å². The Kier molecular flexibility index (Phi) is 3.28. The highest BCUT2D eigenvalue weighted by molar-refractivity contribution is 5.94. The van der Waals surface area contributed by atoms with E-state index in [2.05, 4.69) is 5.10 Å². The van der Waals surface area contributed by atoms with Gasteiger partial charge in [0.1, 0.15) is 0 Å². The summed E-state index contributed by atoms with van der Waals surface area (Å²) in [4.78, 5) is 10.8. The molecule has 0 aliphatic carbocycles. The molecule has 0 saturated heterocycles. The Hall–Kier alpha value is -1.49. The molecule has 6 heteroatoms. The number of fused-ring (bicyclic) bond motifs is 1. The van der Waals surface area contributed by atoms with E-state index >= 15 is 0 Å². The van der Waals surface area contributed by atoms with Crippen LogP contribution in [0.4, 0.5) is 0 Å². The third-order valence-corrected chi connectivity index (χ3v) is 2.58. The van der Waals surface area contributed by atoms with Gasteiger partial charge in [0.25, 0.3) is 0 Å². The molecule has 0 spiro atoms. The minimum atomic E-state index is -1.05. The number of carbonyl (C=O) groups is 1. The van der Waals surface area contributed by atoms with Crippen molar-refractivity contribution in [1.29, 1.82) is 0 Å². The first kappa shape index (κ1) is 12.6. The molecule has 0 radical (unpaired) electrons. The van der Waals surface area contributed by atoms with E-state index in [4.69, 9.17) is 9.52 Å². The van der Waals surface area contributed by atoms with E-state index in [1.165, 1.54) is 0 Å². The Balaban J connectivity index is 0.00000128. The number of aromatic nitrogens is 2. The summed E-state index contributed by atoms with van der Waals surface area (Å²) in [6, 6.07) is 0. The van der Waals surface area contributed by atoms with Gasteiger partial charge in [-0.3, -0.25) is 4.68 Å². The molecule has 2 rings (SSSR count). The number of nitrogens with zero attached hydrogens (tertiary/aromatic N) is 2. The van der Waals surface area contributed by atoms with Gasteiger partial charge in [-0.1, -0.05) is 0 Å². The molecular formula is C10H13ClN2O3. The molecule has 0 aromatic carbocycles. The van der Waals surface area contributed by atoms with Crippen molar-refractivity contribution in [3.8, 4) is 0 Å². The number of aromatic carboxylic acids is 1. The van der Waals surface area contributed by atoms with Crippen molar-refractivity contribution in [3.63, 3.8) is 0 Å². The van der Waals surface area contributed by atoms with Crippen LogP contribution in [0.2, 0.25) is 0 Å². The zero-order valence-electron chi connectivity index (χ0n) is 9.27. The number of hydrogen-bond donors (Lipinski definition) is 1. The zero-order valence-corrected chi connectivity index (χ0v) is 10.1. The Morgan fingerprint density at radius 1 is 1.50 bits per heavy atom. The fourth-order valence-electron chi connectivity index (χ4n) is 1.82. The molecule has 2 aromatic rings. The summed E-state index contributed by atoms with van der Waals surface area (Å²) in [5.74, 6) is -1.06. The molecule has 0 aliphatic rings. The molecule has 0 saturated carbocycles. The van der Waals surface area contributed by atoms with E-state index in [-0.39, 0.29) is 18.2 Å². The highest BCUT2D eigenvalue weighted by atomic mass is 35.5. The quantitative estimate of drug-likeness (QED) is 0.881. The summed E-state index contributed by atoms with van der Waals surface area (Å²) in [5, 5.41) is 13.9. The third kappa shape index (κ3) is 1.57. The smallest absolute Gasteiger partial charge is 0.372 e. The maximum absolute atomic E-state index is 10.8. The van der Waals surface area contributed by atoms with Crippen molar-refractivity contribution in [2.24, 2.45) is 0 Å². The Bertz CT molecular complexity index is 542. The average Bonchev–Trinajstić information content (AvgIpc) is 2.65. The van der Waals surface area contributed by atoms with Gasteiger partial charge in [-0.2, -0.15) is 0 Å². The van der Waals surface area contributed by atoms with Crippen LogP contribution in [0.25, 0.3) is 11.1 Å². The van der Waals surface area contributed by atoms with Crippen LogP contribution in [0.3, 0.4) is 0 Å². The third-order valence-electron chi connectivity index (χ3n) is 2.58. The maximum Gasteiger partial charge on any atom is 0.372 e. The summed E-state index contributed by atoms with van der Waals surface area (Å²) < 4.78 is 6.99. The zero-order chi connectivity index (χ0) is 11.2. The first-order valence-electron chi connectivity index (χ1n) is 4.76. The lowest BCUT2D eigenvalue weighted by atomic mass is 10.2. The predicted molar refractivity (Wildman–Crippen MR) is 61.4 cm³/mol. The second kappa shape index (κ2) is 4.17. The van der Waals surface area contributed by atoms with Crippen LogP contribution in [0.1, 0.15) is 28.7 Å². The van der Waals surface area contributed by atoms with E-state index in [1.807, 2.05) is 13.8 Å². The van der Waals surface area contributed by atoms with Crippen LogP contribution >= 0.6 is 12.4 Å². The molecule has 0 fully saturated rings. The van der Waals surface area contributed by atoms with Crippen molar-refractivity contribution in [2.45, 2.75) is 27.3 Å². The second-order valence-electron chi connectivity index (χ2n) is 3.44. The van der Waals surface area contributed by atoms with Crippen molar-refractivity contribution < 1.29 is 14.3 Å². The van der Waals surface area contributed by atoms with Crippen molar-refractivity contribution in [2.75, 3.05) is 0 Å². The molecule has 1 N–H and O–H groups in total. The van der Waals surface area contributed by atoms with E-state index in [0.29, 0.717) is 11.3 Å². The van der Waals surface area contributed by atoms with Crippen LogP contribution in [-0.2, 0) is 6.54 Å². The number of carboxylic acid groups (broad SMARTS) is 1. The summed E-state index contributed by atoms with van der Waals surface area (Å²) in [6.07, 6.45) is 0. The Labute approximate surface area is 98.4 Å². The van der Waals surface area contributed by atoms with Gasteiger partial charge >= 0.3 is 5.97 Å². The number of hydrogen-bond acceptors (Lipinski definition) is 3. The molecule has 0 aliphatic heterocycles. The molecule has 0 atom stereocenters. The van der Waals surface area contributed by atoms with Crippen molar-refractivity contribution in [3.05, 3.63) is 17.0 Å². The SMILES string of the molecule is CCn1nc2oc(C(=O)O)c(C)c2c1C.Cl. The lowest BCUT2D eigenvalue weighted by molar-refractivity contribution is 0.0663. The van der Waals surface area contributed by atoms with Crippen molar-refractivity contribution in [1.82, 2.24) is 9.78 Å². The lowest BCUT2D eigenvalue weighted by Gasteiger charge is -1.98. The molecule has 16 heavy (non-hydrogen) atoms. The summed E-state index contributed by atoms with van der Waals surface area (Å²) in [7, 11) is 0. The normalized spacial score (nSPS) is 10.4. The molecule has 2 heterocycles. The van der Waals surface area contributed by atoms with Gasteiger partial charge in [-0.05, 0) is 20.8 Å². The minimum absolute atomic E-state index is 0. The number of carboxylic acids is 1. The molecular weight excluding hydrogens is 232 g/mol. The van der Waals surface area contributed by atoms with Gasteiger partial charge in [0, 0.05) is 17.8 Å². The van der Waals surface area contributed by atoms with Gasteiger partial charge in [-0.15, -0.1) is 17.5 Å². The first-order valence-corrected chi connectivity index (χ1v) is 4.76. The van der Waals surface area contributed by atoms with Gasteiger partial charge in [-0.25, -0.2) is 4.79 Å². The van der Waals surface area contributed by atoms with Crippen molar-refractivity contribution >= 4 is 29.5 Å². The fraction of sp³-hybridized carbons (Fsp3) is 0.400. The lowest BCUT2D eigenvalue weighted by Crippen LogP contribution is -2.00. The average molecular weight is 245 g/mol. The van der Waals surface area contributed by atoms with E-state index < -0.39 is 5.97 Å². The molecule has 5 nitrogen and oxygen atoms in total. The monoisotopic (exact) mass is 244 g/mol. The van der Waals surface area contributed by atoms with Crippen LogP contribution in [0, 0.1) is 13.8 Å². The Morgan fingerprint density at radius 2 is 2.12 bits per heavy atom. The second-order valence-corrected chi connectivity index (χ2v) is 3.44. The summed E-state index contributed by atoms with van der Waals surface area (Å²) in [6.45, 7) is 6.38. The number of aryl methyl sites for hydroxylation is 3. The maximum atomic E-state index is 10.8. The summed E-state index contributed by atoms with van der Waals surface area (Å²) >= 11 is 0. The van der Waals surface area contributed by atoms with Gasteiger partial charge in [0.2, 0.25) is 11.5 Å². The topological polar surface area (TPSA) is 68.3 Å².